The molecule has 1 fully saturated rings. The minimum atomic E-state index is -1.17. The molecule has 1 aliphatic rings. The van der Waals surface area contributed by atoms with Crippen LogP contribution in [0.25, 0.3) is 0 Å². The molecule has 3 rings (SSSR count). The Hall–Kier alpha value is -3.17. The molecule has 1 aliphatic heterocycles. The third-order valence-electron chi connectivity index (χ3n) is 5.28. The summed E-state index contributed by atoms with van der Waals surface area (Å²) in [6.07, 6.45) is 0. The standard InChI is InChI=1S/C23H26N4O2/c1-23(2,21(28)25-20-10-8-18(16-24)9-11-20)22(29)27-14-12-26(13-15-27)17-19-6-4-3-5-7-19/h3-11H,12-15,17H2,1-2H3,(H,25,28). The van der Waals surface area contributed by atoms with Crippen LogP contribution in [0.5, 0.6) is 0 Å². The van der Waals surface area contributed by atoms with E-state index in [0.717, 1.165) is 19.6 Å². The molecule has 1 N–H and O–H groups in total. The van der Waals surface area contributed by atoms with Crippen LogP contribution in [0.4, 0.5) is 5.69 Å². The van der Waals surface area contributed by atoms with Crippen molar-refractivity contribution in [2.24, 2.45) is 5.41 Å². The van der Waals surface area contributed by atoms with Gasteiger partial charge in [-0.15, -0.1) is 0 Å². The number of amides is 2. The van der Waals surface area contributed by atoms with E-state index in [2.05, 4.69) is 22.3 Å². The van der Waals surface area contributed by atoms with Crippen molar-refractivity contribution < 1.29 is 9.59 Å². The first-order chi connectivity index (χ1) is 13.9. The maximum Gasteiger partial charge on any atom is 0.239 e. The van der Waals surface area contributed by atoms with Gasteiger partial charge in [0.1, 0.15) is 5.41 Å². The van der Waals surface area contributed by atoms with Gasteiger partial charge in [-0.3, -0.25) is 14.5 Å². The highest BCUT2D eigenvalue weighted by molar-refractivity contribution is 6.09. The van der Waals surface area contributed by atoms with Gasteiger partial charge in [0.2, 0.25) is 11.8 Å². The first-order valence-electron chi connectivity index (χ1n) is 9.77. The smallest absolute Gasteiger partial charge is 0.239 e. The summed E-state index contributed by atoms with van der Waals surface area (Å²) >= 11 is 0. The molecule has 0 bridgehead atoms. The Bertz CT molecular complexity index is 893. The third-order valence-corrected chi connectivity index (χ3v) is 5.28. The predicted molar refractivity (Wildman–Crippen MR) is 112 cm³/mol. The van der Waals surface area contributed by atoms with Gasteiger partial charge in [-0.1, -0.05) is 30.3 Å². The van der Waals surface area contributed by atoms with Crippen LogP contribution in [0.2, 0.25) is 0 Å². The van der Waals surface area contributed by atoms with Gasteiger partial charge in [-0.2, -0.15) is 5.26 Å². The van der Waals surface area contributed by atoms with Crippen molar-refractivity contribution in [3.8, 4) is 6.07 Å². The third kappa shape index (κ3) is 5.01. The van der Waals surface area contributed by atoms with E-state index in [0.29, 0.717) is 24.3 Å². The summed E-state index contributed by atoms with van der Waals surface area (Å²) in [4.78, 5) is 29.9. The van der Waals surface area contributed by atoms with Crippen LogP contribution in [0.1, 0.15) is 25.0 Å². The average molecular weight is 390 g/mol. The number of nitrogens with zero attached hydrogens (tertiary/aromatic N) is 3. The molecule has 1 saturated heterocycles. The highest BCUT2D eigenvalue weighted by Crippen LogP contribution is 2.23. The highest BCUT2D eigenvalue weighted by atomic mass is 16.2. The maximum absolute atomic E-state index is 13.0. The number of anilines is 1. The number of rotatable bonds is 5. The van der Waals surface area contributed by atoms with Crippen LogP contribution in [0, 0.1) is 16.7 Å². The summed E-state index contributed by atoms with van der Waals surface area (Å²) in [6, 6.07) is 18.9. The summed E-state index contributed by atoms with van der Waals surface area (Å²) in [7, 11) is 0. The summed E-state index contributed by atoms with van der Waals surface area (Å²) in [5.74, 6) is -0.512. The second kappa shape index (κ2) is 8.89. The molecule has 6 nitrogen and oxygen atoms in total. The molecule has 0 radical (unpaired) electrons. The molecule has 150 valence electrons. The Morgan fingerprint density at radius 1 is 1.00 bits per heavy atom. The second-order valence-corrected chi connectivity index (χ2v) is 7.82. The number of carbonyl (C=O) groups excluding carboxylic acids is 2. The van der Waals surface area contributed by atoms with Gasteiger partial charge in [0.05, 0.1) is 11.6 Å². The molecular formula is C23H26N4O2. The van der Waals surface area contributed by atoms with Gasteiger partial charge < -0.3 is 10.2 Å². The van der Waals surface area contributed by atoms with Gasteiger partial charge in [0.15, 0.2) is 0 Å². The molecule has 2 aromatic carbocycles. The first kappa shape index (κ1) is 20.6. The number of hydrogen-bond acceptors (Lipinski definition) is 4. The van der Waals surface area contributed by atoms with Crippen molar-refractivity contribution in [1.82, 2.24) is 9.80 Å². The number of carbonyl (C=O) groups is 2. The Morgan fingerprint density at radius 2 is 1.62 bits per heavy atom. The topological polar surface area (TPSA) is 76.4 Å². The van der Waals surface area contributed by atoms with Crippen LogP contribution in [-0.2, 0) is 16.1 Å². The lowest BCUT2D eigenvalue weighted by molar-refractivity contribution is -0.147. The van der Waals surface area contributed by atoms with Crippen LogP contribution in [0.3, 0.4) is 0 Å². The molecular weight excluding hydrogens is 364 g/mol. The summed E-state index contributed by atoms with van der Waals surface area (Å²) in [5.41, 5.74) is 1.18. The molecule has 6 heteroatoms. The molecule has 0 aromatic heterocycles. The van der Waals surface area contributed by atoms with Gasteiger partial charge >= 0.3 is 0 Å². The van der Waals surface area contributed by atoms with Crippen LogP contribution in [-0.4, -0.2) is 47.8 Å². The molecule has 29 heavy (non-hydrogen) atoms. The Morgan fingerprint density at radius 3 is 2.21 bits per heavy atom. The molecule has 0 saturated carbocycles. The van der Waals surface area contributed by atoms with E-state index in [1.54, 1.807) is 43.0 Å². The number of piperazine rings is 1. The first-order valence-corrected chi connectivity index (χ1v) is 9.77. The summed E-state index contributed by atoms with van der Waals surface area (Å²) < 4.78 is 0. The molecule has 0 unspecified atom stereocenters. The molecule has 2 aromatic rings. The van der Waals surface area contributed by atoms with Crippen molar-refractivity contribution in [1.29, 1.82) is 5.26 Å². The second-order valence-electron chi connectivity index (χ2n) is 7.82. The zero-order chi connectivity index (χ0) is 20.9. The molecule has 0 atom stereocenters. The van der Waals surface area contributed by atoms with E-state index in [9.17, 15) is 9.59 Å². The van der Waals surface area contributed by atoms with Crippen LogP contribution in [0.15, 0.2) is 54.6 Å². The summed E-state index contributed by atoms with van der Waals surface area (Å²) in [5, 5.41) is 11.7. The lowest BCUT2D eigenvalue weighted by atomic mass is 9.89. The van der Waals surface area contributed by atoms with Crippen molar-refractivity contribution in [2.45, 2.75) is 20.4 Å². The van der Waals surface area contributed by atoms with Gasteiger partial charge in [0, 0.05) is 38.4 Å². The summed E-state index contributed by atoms with van der Waals surface area (Å²) in [6.45, 7) is 6.97. The number of nitrogens with one attached hydrogen (secondary N) is 1. The molecule has 1 heterocycles. The minimum Gasteiger partial charge on any atom is -0.339 e. The average Bonchev–Trinajstić information content (AvgIpc) is 2.75. The predicted octanol–water partition coefficient (Wildman–Crippen LogP) is 2.87. The fourth-order valence-corrected chi connectivity index (χ4v) is 3.36. The molecule has 2 amide bonds. The zero-order valence-electron chi connectivity index (χ0n) is 16.9. The van der Waals surface area contributed by atoms with Crippen LogP contribution >= 0.6 is 0 Å². The molecule has 0 spiro atoms. The SMILES string of the molecule is CC(C)(C(=O)Nc1ccc(C#N)cc1)C(=O)N1CCN(Cc2ccccc2)CC1. The monoisotopic (exact) mass is 390 g/mol. The van der Waals surface area contributed by atoms with Crippen molar-refractivity contribution in [3.05, 3.63) is 65.7 Å². The Balaban J connectivity index is 1.55. The lowest BCUT2D eigenvalue weighted by Crippen LogP contribution is -2.54. The largest absolute Gasteiger partial charge is 0.339 e. The fourth-order valence-electron chi connectivity index (χ4n) is 3.36. The minimum absolute atomic E-state index is 0.164. The normalized spacial score (nSPS) is 14.9. The number of benzene rings is 2. The zero-order valence-corrected chi connectivity index (χ0v) is 16.9. The van der Waals surface area contributed by atoms with E-state index in [4.69, 9.17) is 5.26 Å². The maximum atomic E-state index is 13.0. The van der Waals surface area contributed by atoms with E-state index in [-0.39, 0.29) is 11.8 Å². The Labute approximate surface area is 171 Å². The van der Waals surface area contributed by atoms with E-state index < -0.39 is 5.41 Å². The van der Waals surface area contributed by atoms with Crippen molar-refractivity contribution >= 4 is 17.5 Å². The quantitative estimate of drug-likeness (QED) is 0.797. The highest BCUT2D eigenvalue weighted by Gasteiger charge is 2.40. The Kier molecular flexibility index (Phi) is 6.30. The van der Waals surface area contributed by atoms with Crippen molar-refractivity contribution in [3.63, 3.8) is 0 Å². The number of nitriles is 1. The van der Waals surface area contributed by atoms with E-state index in [1.165, 1.54) is 5.56 Å². The lowest BCUT2D eigenvalue weighted by Gasteiger charge is -2.38. The van der Waals surface area contributed by atoms with Gasteiger partial charge in [-0.05, 0) is 43.7 Å². The fraction of sp³-hybridized carbons (Fsp3) is 0.348. The van der Waals surface area contributed by atoms with Gasteiger partial charge in [0.25, 0.3) is 0 Å². The van der Waals surface area contributed by atoms with Crippen LogP contribution < -0.4 is 5.32 Å². The molecule has 0 aliphatic carbocycles. The van der Waals surface area contributed by atoms with E-state index in [1.807, 2.05) is 24.3 Å². The number of hydrogen-bond donors (Lipinski definition) is 1. The van der Waals surface area contributed by atoms with E-state index >= 15 is 0 Å². The van der Waals surface area contributed by atoms with Crippen molar-refractivity contribution in [2.75, 3.05) is 31.5 Å². The van der Waals surface area contributed by atoms with Gasteiger partial charge in [-0.25, -0.2) is 0 Å².